The number of rotatable bonds is 7. The summed E-state index contributed by atoms with van der Waals surface area (Å²) in [5.41, 5.74) is 1.09. The molecule has 0 aromatic carbocycles. The Hall–Kier alpha value is -1.32. The fourth-order valence-electron chi connectivity index (χ4n) is 2.16. The van der Waals surface area contributed by atoms with Crippen molar-refractivity contribution in [1.29, 1.82) is 0 Å². The molecule has 2 N–H and O–H groups in total. The zero-order valence-electron chi connectivity index (χ0n) is 12.2. The van der Waals surface area contributed by atoms with Crippen molar-refractivity contribution in [2.45, 2.75) is 53.5 Å². The van der Waals surface area contributed by atoms with Crippen molar-refractivity contribution >= 4 is 11.8 Å². The highest BCUT2D eigenvalue weighted by Gasteiger charge is 2.15. The Labute approximate surface area is 111 Å². The van der Waals surface area contributed by atoms with Crippen molar-refractivity contribution in [3.05, 3.63) is 11.8 Å². The van der Waals surface area contributed by atoms with E-state index >= 15 is 0 Å². The summed E-state index contributed by atoms with van der Waals surface area (Å²) < 4.78 is 0. The molecule has 102 valence electrons. The summed E-state index contributed by atoms with van der Waals surface area (Å²) in [6, 6.07) is 0.433. The van der Waals surface area contributed by atoms with Crippen molar-refractivity contribution in [3.8, 4) is 0 Å². The highest BCUT2D eigenvalue weighted by molar-refractivity contribution is 5.47. The lowest BCUT2D eigenvalue weighted by molar-refractivity contribution is 0.437. The molecule has 18 heavy (non-hydrogen) atoms. The first-order chi connectivity index (χ1) is 8.62. The van der Waals surface area contributed by atoms with Crippen molar-refractivity contribution in [2.24, 2.45) is 5.92 Å². The van der Waals surface area contributed by atoms with Crippen LogP contribution in [0.25, 0.3) is 0 Å². The third kappa shape index (κ3) is 3.86. The highest BCUT2D eigenvalue weighted by Crippen LogP contribution is 2.19. The molecule has 0 aliphatic carbocycles. The first kappa shape index (κ1) is 14.7. The maximum atomic E-state index is 4.52. The SMILES string of the molecule is CCNc1ncc(C)c(NC(C)C(CC)CC)n1. The van der Waals surface area contributed by atoms with Crippen LogP contribution in [0, 0.1) is 12.8 Å². The Morgan fingerprint density at radius 1 is 1.22 bits per heavy atom. The fraction of sp³-hybridized carbons (Fsp3) is 0.714. The third-order valence-corrected chi connectivity index (χ3v) is 3.43. The minimum Gasteiger partial charge on any atom is -0.367 e. The zero-order chi connectivity index (χ0) is 13.5. The molecule has 0 saturated heterocycles. The van der Waals surface area contributed by atoms with Crippen LogP contribution in [0.2, 0.25) is 0 Å². The van der Waals surface area contributed by atoms with Crippen LogP contribution in [0.5, 0.6) is 0 Å². The summed E-state index contributed by atoms with van der Waals surface area (Å²) in [7, 11) is 0. The van der Waals surface area contributed by atoms with Gasteiger partial charge in [-0.05, 0) is 26.7 Å². The number of aryl methyl sites for hydroxylation is 1. The van der Waals surface area contributed by atoms with E-state index in [1.54, 1.807) is 0 Å². The van der Waals surface area contributed by atoms with Gasteiger partial charge in [-0.3, -0.25) is 0 Å². The minimum atomic E-state index is 0.433. The normalized spacial score (nSPS) is 12.6. The largest absolute Gasteiger partial charge is 0.367 e. The van der Waals surface area contributed by atoms with Gasteiger partial charge in [0.25, 0.3) is 0 Å². The van der Waals surface area contributed by atoms with Gasteiger partial charge >= 0.3 is 0 Å². The van der Waals surface area contributed by atoms with Crippen molar-refractivity contribution in [3.63, 3.8) is 0 Å². The molecule has 4 nitrogen and oxygen atoms in total. The average molecular weight is 250 g/mol. The van der Waals surface area contributed by atoms with Gasteiger partial charge in [-0.2, -0.15) is 4.98 Å². The van der Waals surface area contributed by atoms with Crippen LogP contribution in [0.3, 0.4) is 0 Å². The van der Waals surface area contributed by atoms with Gasteiger partial charge in [0, 0.05) is 24.3 Å². The van der Waals surface area contributed by atoms with Gasteiger partial charge in [-0.15, -0.1) is 0 Å². The first-order valence-electron chi connectivity index (χ1n) is 6.96. The van der Waals surface area contributed by atoms with Gasteiger partial charge in [-0.25, -0.2) is 4.98 Å². The van der Waals surface area contributed by atoms with Crippen LogP contribution in [-0.4, -0.2) is 22.6 Å². The second-order valence-electron chi connectivity index (χ2n) is 4.77. The molecule has 0 aliphatic rings. The van der Waals surface area contributed by atoms with Gasteiger partial charge in [0.2, 0.25) is 5.95 Å². The number of nitrogens with one attached hydrogen (secondary N) is 2. The van der Waals surface area contributed by atoms with E-state index in [4.69, 9.17) is 0 Å². The zero-order valence-corrected chi connectivity index (χ0v) is 12.2. The molecule has 1 rings (SSSR count). The predicted octanol–water partition coefficient (Wildman–Crippen LogP) is 3.45. The van der Waals surface area contributed by atoms with E-state index in [-0.39, 0.29) is 0 Å². The van der Waals surface area contributed by atoms with Gasteiger partial charge in [0.15, 0.2) is 0 Å². The molecular weight excluding hydrogens is 224 g/mol. The summed E-state index contributed by atoms with van der Waals surface area (Å²) in [6.07, 6.45) is 4.25. The number of aromatic nitrogens is 2. The lowest BCUT2D eigenvalue weighted by atomic mass is 9.95. The van der Waals surface area contributed by atoms with Gasteiger partial charge < -0.3 is 10.6 Å². The molecule has 1 heterocycles. The van der Waals surface area contributed by atoms with E-state index in [9.17, 15) is 0 Å². The molecule has 0 spiro atoms. The van der Waals surface area contributed by atoms with E-state index in [1.807, 2.05) is 20.0 Å². The Morgan fingerprint density at radius 3 is 2.44 bits per heavy atom. The van der Waals surface area contributed by atoms with Crippen molar-refractivity contribution in [1.82, 2.24) is 9.97 Å². The van der Waals surface area contributed by atoms with Crippen molar-refractivity contribution < 1.29 is 0 Å². The fourth-order valence-corrected chi connectivity index (χ4v) is 2.16. The van der Waals surface area contributed by atoms with Crippen LogP contribution < -0.4 is 10.6 Å². The summed E-state index contributed by atoms with van der Waals surface area (Å²) in [5.74, 6) is 2.32. The molecule has 0 saturated carbocycles. The summed E-state index contributed by atoms with van der Waals surface area (Å²) in [6.45, 7) is 11.6. The second-order valence-corrected chi connectivity index (χ2v) is 4.77. The highest BCUT2D eigenvalue weighted by atomic mass is 15.1. The van der Waals surface area contributed by atoms with Crippen LogP contribution in [0.15, 0.2) is 6.20 Å². The topological polar surface area (TPSA) is 49.8 Å². The van der Waals surface area contributed by atoms with E-state index in [1.165, 1.54) is 12.8 Å². The predicted molar refractivity (Wildman–Crippen MR) is 78.1 cm³/mol. The summed E-state index contributed by atoms with van der Waals surface area (Å²) >= 11 is 0. The third-order valence-electron chi connectivity index (χ3n) is 3.43. The number of anilines is 2. The lowest BCUT2D eigenvalue weighted by Gasteiger charge is -2.24. The van der Waals surface area contributed by atoms with Gasteiger partial charge in [0.05, 0.1) is 0 Å². The van der Waals surface area contributed by atoms with Gasteiger partial charge in [0.1, 0.15) is 5.82 Å². The maximum Gasteiger partial charge on any atom is 0.224 e. The molecule has 0 fully saturated rings. The molecule has 0 amide bonds. The molecule has 1 unspecified atom stereocenters. The quantitative estimate of drug-likeness (QED) is 0.778. The summed E-state index contributed by atoms with van der Waals surface area (Å²) in [5, 5.41) is 6.66. The molecule has 0 aliphatic heterocycles. The Kier molecular flexibility index (Phi) is 5.89. The average Bonchev–Trinajstić information content (AvgIpc) is 2.35. The molecule has 4 heteroatoms. The molecule has 0 radical (unpaired) electrons. The second kappa shape index (κ2) is 7.19. The number of hydrogen-bond donors (Lipinski definition) is 2. The summed E-state index contributed by atoms with van der Waals surface area (Å²) in [4.78, 5) is 8.78. The molecule has 1 aromatic heterocycles. The van der Waals surface area contributed by atoms with E-state index < -0.39 is 0 Å². The lowest BCUT2D eigenvalue weighted by Crippen LogP contribution is -2.26. The van der Waals surface area contributed by atoms with Crippen molar-refractivity contribution in [2.75, 3.05) is 17.2 Å². The van der Waals surface area contributed by atoms with Gasteiger partial charge in [-0.1, -0.05) is 26.7 Å². The van der Waals surface area contributed by atoms with E-state index in [0.717, 1.165) is 17.9 Å². The number of nitrogens with zero attached hydrogens (tertiary/aromatic N) is 2. The Bertz CT molecular complexity index is 361. The number of hydrogen-bond acceptors (Lipinski definition) is 4. The smallest absolute Gasteiger partial charge is 0.224 e. The maximum absolute atomic E-state index is 4.52. The van der Waals surface area contributed by atoms with Crippen LogP contribution in [0.4, 0.5) is 11.8 Å². The van der Waals surface area contributed by atoms with Crippen LogP contribution >= 0.6 is 0 Å². The Balaban J connectivity index is 2.79. The molecule has 1 aromatic rings. The van der Waals surface area contributed by atoms with Crippen LogP contribution in [0.1, 0.15) is 46.1 Å². The van der Waals surface area contributed by atoms with Crippen LogP contribution in [-0.2, 0) is 0 Å². The minimum absolute atomic E-state index is 0.433. The van der Waals surface area contributed by atoms with E-state index in [0.29, 0.717) is 17.9 Å². The molecular formula is C14H26N4. The monoisotopic (exact) mass is 250 g/mol. The Morgan fingerprint density at radius 2 is 1.89 bits per heavy atom. The van der Waals surface area contributed by atoms with E-state index in [2.05, 4.69) is 41.4 Å². The molecule has 0 bridgehead atoms. The molecule has 1 atom stereocenters. The first-order valence-corrected chi connectivity index (χ1v) is 6.96. The standard InChI is InChI=1S/C14H26N4/c1-6-12(7-2)11(5)17-13-10(4)9-16-14(18-13)15-8-3/h9,11-12H,6-8H2,1-5H3,(H2,15,16,17,18).